The van der Waals surface area contributed by atoms with E-state index >= 15 is 0 Å². The number of hydrogen-bond acceptors (Lipinski definition) is 1. The summed E-state index contributed by atoms with van der Waals surface area (Å²) in [6, 6.07) is 0. The molecule has 1 saturated carbocycles. The lowest BCUT2D eigenvalue weighted by molar-refractivity contribution is 0.173. The maximum atomic E-state index is 9.83. The molecule has 0 amide bonds. The molecule has 0 radical (unpaired) electrons. The van der Waals surface area contributed by atoms with Gasteiger partial charge in [-0.1, -0.05) is 56.9 Å². The molecule has 2 aliphatic rings. The van der Waals surface area contributed by atoms with Gasteiger partial charge in [0.05, 0.1) is 6.10 Å². The summed E-state index contributed by atoms with van der Waals surface area (Å²) in [6.07, 6.45) is 20.4. The minimum atomic E-state index is -0.0749. The molecule has 1 N–H and O–H groups in total. The van der Waals surface area contributed by atoms with Gasteiger partial charge in [-0.2, -0.15) is 0 Å². The minimum Gasteiger partial charge on any atom is -0.393 e. The molecule has 0 unspecified atom stereocenters. The van der Waals surface area contributed by atoms with Gasteiger partial charge in [-0.15, -0.1) is 0 Å². The molecule has 0 aromatic carbocycles. The molecule has 18 heavy (non-hydrogen) atoms. The maximum absolute atomic E-state index is 9.83. The van der Waals surface area contributed by atoms with Crippen LogP contribution in [-0.4, -0.2) is 11.2 Å². The van der Waals surface area contributed by atoms with Crippen molar-refractivity contribution in [2.75, 3.05) is 0 Å². The van der Waals surface area contributed by atoms with Crippen LogP contribution in [0.25, 0.3) is 0 Å². The Balaban J connectivity index is 1.73. The van der Waals surface area contributed by atoms with Crippen molar-refractivity contribution in [1.29, 1.82) is 0 Å². The van der Waals surface area contributed by atoms with E-state index in [9.17, 15) is 5.11 Å². The number of hydrogen-bond donors (Lipinski definition) is 1. The highest BCUT2D eigenvalue weighted by Crippen LogP contribution is 2.51. The number of aliphatic hydroxyl groups is 1. The maximum Gasteiger partial charge on any atom is 0.0554 e. The summed E-state index contributed by atoms with van der Waals surface area (Å²) >= 11 is 0. The fourth-order valence-corrected chi connectivity index (χ4v) is 3.61. The average molecular weight is 248 g/mol. The van der Waals surface area contributed by atoms with E-state index in [2.05, 4.69) is 31.2 Å². The van der Waals surface area contributed by atoms with Crippen LogP contribution in [-0.2, 0) is 0 Å². The summed E-state index contributed by atoms with van der Waals surface area (Å²) in [7, 11) is 0. The van der Waals surface area contributed by atoms with Crippen LogP contribution >= 0.6 is 0 Å². The van der Waals surface area contributed by atoms with Crippen LogP contribution in [0.4, 0.5) is 0 Å². The summed E-state index contributed by atoms with van der Waals surface area (Å²) in [4.78, 5) is 0. The van der Waals surface area contributed by atoms with E-state index in [-0.39, 0.29) is 11.5 Å². The van der Waals surface area contributed by atoms with Crippen molar-refractivity contribution < 1.29 is 5.11 Å². The number of aliphatic hydroxyl groups excluding tert-OH is 1. The van der Waals surface area contributed by atoms with Gasteiger partial charge < -0.3 is 5.11 Å². The van der Waals surface area contributed by atoms with Crippen LogP contribution in [0, 0.1) is 11.3 Å². The second-order valence-electron chi connectivity index (χ2n) is 6.15. The third-order valence-electron chi connectivity index (χ3n) is 4.66. The van der Waals surface area contributed by atoms with E-state index in [0.29, 0.717) is 5.92 Å². The lowest BCUT2D eigenvalue weighted by Crippen LogP contribution is -2.16. The lowest BCUT2D eigenvalue weighted by Gasteiger charge is -2.23. The first kappa shape index (κ1) is 13.9. The van der Waals surface area contributed by atoms with Crippen molar-refractivity contribution in [2.24, 2.45) is 11.3 Å². The first-order valence-electron chi connectivity index (χ1n) is 7.80. The molecule has 3 atom stereocenters. The summed E-state index contributed by atoms with van der Waals surface area (Å²) in [5.41, 5.74) is 0.211. The number of unbranched alkanes of at least 4 members (excludes halogenated alkanes) is 5. The largest absolute Gasteiger partial charge is 0.393 e. The van der Waals surface area contributed by atoms with Crippen LogP contribution in [0.5, 0.6) is 0 Å². The third kappa shape index (κ3) is 3.26. The van der Waals surface area contributed by atoms with Crippen LogP contribution in [0.1, 0.15) is 64.7 Å². The normalized spacial score (nSPS) is 34.6. The first-order chi connectivity index (χ1) is 8.77. The van der Waals surface area contributed by atoms with Crippen LogP contribution in [0.15, 0.2) is 24.3 Å². The lowest BCUT2D eigenvalue weighted by atomic mass is 9.80. The molecular weight excluding hydrogens is 220 g/mol. The Morgan fingerprint density at radius 1 is 1.28 bits per heavy atom. The molecule has 1 nitrogen and oxygen atoms in total. The molecule has 0 bridgehead atoms. The van der Waals surface area contributed by atoms with Crippen molar-refractivity contribution in [3.63, 3.8) is 0 Å². The van der Waals surface area contributed by atoms with Crippen molar-refractivity contribution in [3.05, 3.63) is 24.3 Å². The van der Waals surface area contributed by atoms with Gasteiger partial charge in [-0.25, -0.2) is 0 Å². The first-order valence-corrected chi connectivity index (χ1v) is 7.80. The smallest absolute Gasteiger partial charge is 0.0554 e. The molecule has 1 heteroatoms. The molecular formula is C17H28O. The highest BCUT2D eigenvalue weighted by molar-refractivity contribution is 5.23. The number of fused-ring (bicyclic) bond motifs is 1. The van der Waals surface area contributed by atoms with Crippen molar-refractivity contribution in [2.45, 2.75) is 70.8 Å². The van der Waals surface area contributed by atoms with E-state index in [4.69, 9.17) is 0 Å². The fraction of sp³-hybridized carbons (Fsp3) is 0.765. The monoisotopic (exact) mass is 248 g/mol. The zero-order valence-electron chi connectivity index (χ0n) is 11.8. The Morgan fingerprint density at radius 3 is 2.94 bits per heavy atom. The quantitative estimate of drug-likeness (QED) is 0.515. The van der Waals surface area contributed by atoms with E-state index in [0.717, 1.165) is 19.3 Å². The topological polar surface area (TPSA) is 20.2 Å². The van der Waals surface area contributed by atoms with Crippen LogP contribution in [0.3, 0.4) is 0 Å². The summed E-state index contributed by atoms with van der Waals surface area (Å²) < 4.78 is 0. The highest BCUT2D eigenvalue weighted by atomic mass is 16.3. The zero-order valence-corrected chi connectivity index (χ0v) is 11.8. The molecule has 0 aliphatic heterocycles. The van der Waals surface area contributed by atoms with Crippen molar-refractivity contribution in [1.82, 2.24) is 0 Å². The second-order valence-corrected chi connectivity index (χ2v) is 6.15. The molecule has 0 aromatic rings. The Morgan fingerprint density at radius 2 is 2.11 bits per heavy atom. The van der Waals surface area contributed by atoms with Gasteiger partial charge in [0.15, 0.2) is 0 Å². The molecule has 2 rings (SSSR count). The van der Waals surface area contributed by atoms with E-state index in [1.54, 1.807) is 0 Å². The SMILES string of the molecule is CCCCCCC/C=C\[C@@]12C=CC[C@H]1C[C@@H](O)C2. The van der Waals surface area contributed by atoms with Gasteiger partial charge in [0.1, 0.15) is 0 Å². The van der Waals surface area contributed by atoms with Gasteiger partial charge in [0, 0.05) is 5.41 Å². The molecule has 0 heterocycles. The Kier molecular flexibility index (Phi) is 5.05. The minimum absolute atomic E-state index is 0.0749. The van der Waals surface area contributed by atoms with Gasteiger partial charge >= 0.3 is 0 Å². The van der Waals surface area contributed by atoms with Gasteiger partial charge in [0.2, 0.25) is 0 Å². The van der Waals surface area contributed by atoms with Crippen molar-refractivity contribution in [3.8, 4) is 0 Å². The molecule has 2 aliphatic carbocycles. The predicted molar refractivity (Wildman–Crippen MR) is 77.4 cm³/mol. The average Bonchev–Trinajstić information content (AvgIpc) is 2.83. The molecule has 1 fully saturated rings. The van der Waals surface area contributed by atoms with E-state index in [1.807, 2.05) is 0 Å². The number of rotatable bonds is 7. The Labute approximate surface area is 112 Å². The zero-order chi connectivity index (χ0) is 12.8. The van der Waals surface area contributed by atoms with Gasteiger partial charge in [-0.3, -0.25) is 0 Å². The highest BCUT2D eigenvalue weighted by Gasteiger charge is 2.44. The van der Waals surface area contributed by atoms with E-state index < -0.39 is 0 Å². The second kappa shape index (κ2) is 6.56. The van der Waals surface area contributed by atoms with Crippen LogP contribution in [0.2, 0.25) is 0 Å². The summed E-state index contributed by atoms with van der Waals surface area (Å²) in [5.74, 6) is 0.670. The number of allylic oxidation sites excluding steroid dienone is 4. The molecule has 0 aromatic heterocycles. The Bertz CT molecular complexity index is 305. The molecule has 0 saturated heterocycles. The van der Waals surface area contributed by atoms with Gasteiger partial charge in [0.25, 0.3) is 0 Å². The Hall–Kier alpha value is -0.560. The van der Waals surface area contributed by atoms with Crippen molar-refractivity contribution >= 4 is 0 Å². The summed E-state index contributed by atoms with van der Waals surface area (Å²) in [6.45, 7) is 2.26. The summed E-state index contributed by atoms with van der Waals surface area (Å²) in [5, 5.41) is 9.83. The molecule has 0 spiro atoms. The predicted octanol–water partition coefficient (Wildman–Crippen LogP) is 4.62. The third-order valence-corrected chi connectivity index (χ3v) is 4.66. The fourth-order valence-electron chi connectivity index (χ4n) is 3.61. The molecule has 102 valence electrons. The standard InChI is InChI=1S/C17H28O/c1-2-3-4-5-6-7-8-11-17-12-9-10-15(17)13-16(18)14-17/h8-9,11-12,15-16,18H,2-7,10,13-14H2,1H3/b11-8-/t15-,16+,17-/m0/s1. The van der Waals surface area contributed by atoms with Crippen LogP contribution < -0.4 is 0 Å². The van der Waals surface area contributed by atoms with Gasteiger partial charge in [-0.05, 0) is 38.0 Å². The van der Waals surface area contributed by atoms with E-state index in [1.165, 1.54) is 38.5 Å².